The van der Waals surface area contributed by atoms with Gasteiger partial charge < -0.3 is 20.3 Å². The van der Waals surface area contributed by atoms with Crippen LogP contribution in [0.1, 0.15) is 39.1 Å². The van der Waals surface area contributed by atoms with Crippen LogP contribution in [0.2, 0.25) is 5.02 Å². The lowest BCUT2D eigenvalue weighted by molar-refractivity contribution is -0.136. The van der Waals surface area contributed by atoms with Gasteiger partial charge >= 0.3 is 0 Å². The molecule has 3 aliphatic rings. The Morgan fingerprint density at radius 3 is 2.49 bits per heavy atom. The average Bonchev–Trinajstić information content (AvgIpc) is 3.40. The van der Waals surface area contributed by atoms with Crippen molar-refractivity contribution in [2.75, 3.05) is 62.2 Å². The van der Waals surface area contributed by atoms with Gasteiger partial charge in [0.05, 0.1) is 30.1 Å². The van der Waals surface area contributed by atoms with Crippen molar-refractivity contribution >= 4 is 93.2 Å². The van der Waals surface area contributed by atoms with E-state index in [9.17, 15) is 19.2 Å². The number of nitrogens with zero attached hydrogens (tertiary/aromatic N) is 5. The molecule has 1 aromatic heterocycles. The van der Waals surface area contributed by atoms with E-state index in [-0.39, 0.29) is 31.9 Å². The number of carbonyl (C=O) groups is 4. The minimum atomic E-state index is -1.01. The summed E-state index contributed by atoms with van der Waals surface area (Å²) in [4.78, 5) is 65.4. The van der Waals surface area contributed by atoms with Crippen LogP contribution >= 0.6 is 35.5 Å². The van der Waals surface area contributed by atoms with E-state index < -0.39 is 29.7 Å². The molecule has 3 aromatic carbocycles. The van der Waals surface area contributed by atoms with Crippen molar-refractivity contribution in [3.05, 3.63) is 87.0 Å². The molecule has 3 N–H and O–H groups in total. The molecule has 0 aliphatic carbocycles. The minimum Gasteiger partial charge on any atom is -0.494 e. The highest BCUT2D eigenvalue weighted by Crippen LogP contribution is 2.37. The molecule has 274 valence electrons. The zero-order valence-corrected chi connectivity index (χ0v) is 32.5. The van der Waals surface area contributed by atoms with E-state index in [4.69, 9.17) is 16.3 Å². The molecular formula is C37H37BrClN8O5P. The predicted octanol–water partition coefficient (Wildman–Crippen LogP) is 5.48. The maximum absolute atomic E-state index is 13.5. The fourth-order valence-electron chi connectivity index (χ4n) is 6.80. The highest BCUT2D eigenvalue weighted by Gasteiger charge is 2.45. The molecule has 4 heterocycles. The Kier molecular flexibility index (Phi) is 10.7. The Bertz CT molecular complexity index is 2130. The van der Waals surface area contributed by atoms with Gasteiger partial charge in [0.15, 0.2) is 5.82 Å². The number of piperazine rings is 1. The number of methoxy groups -OCH3 is 1. The van der Waals surface area contributed by atoms with E-state index in [2.05, 4.69) is 71.0 Å². The summed E-state index contributed by atoms with van der Waals surface area (Å²) in [6.45, 7) is 8.00. The molecule has 3 aliphatic heterocycles. The fraction of sp³-hybridized carbons (Fsp3) is 0.297. The van der Waals surface area contributed by atoms with E-state index >= 15 is 0 Å². The van der Waals surface area contributed by atoms with Crippen LogP contribution in [0.25, 0.3) is 0 Å². The number of ether oxygens (including phenoxy) is 1. The van der Waals surface area contributed by atoms with Crippen molar-refractivity contribution in [3.63, 3.8) is 0 Å². The lowest BCUT2D eigenvalue weighted by atomic mass is 10.0. The van der Waals surface area contributed by atoms with Crippen molar-refractivity contribution in [2.45, 2.75) is 25.4 Å². The lowest BCUT2D eigenvalue weighted by Gasteiger charge is -2.36. The van der Waals surface area contributed by atoms with Crippen molar-refractivity contribution in [1.82, 2.24) is 25.1 Å². The van der Waals surface area contributed by atoms with E-state index in [1.165, 1.54) is 5.30 Å². The SMILES string of the molecule is COc1cc(N2CCN(Cc3ccc4c(c3Br)C(=O)N(C3CCC(=O)NC3=O)C4=O)CC2)ccc1Nc1ncc(Cl)c(Nc2ccccc2P(C)C)n1. The topological polar surface area (TPSA) is 149 Å². The number of rotatable bonds is 10. The third-order valence-electron chi connectivity index (χ3n) is 9.57. The number of piperidine rings is 1. The van der Waals surface area contributed by atoms with Gasteiger partial charge in [0.1, 0.15) is 16.8 Å². The number of amides is 4. The fourth-order valence-corrected chi connectivity index (χ4v) is 8.58. The summed E-state index contributed by atoms with van der Waals surface area (Å²) in [7, 11) is 1.28. The molecule has 2 fully saturated rings. The molecule has 0 spiro atoms. The second kappa shape index (κ2) is 15.4. The molecule has 7 rings (SSSR count). The monoisotopic (exact) mass is 818 g/mol. The number of nitrogens with one attached hydrogen (secondary N) is 3. The first-order valence-corrected chi connectivity index (χ1v) is 20.4. The van der Waals surface area contributed by atoms with Crippen molar-refractivity contribution in [1.29, 1.82) is 0 Å². The number of halogens is 2. The Morgan fingerprint density at radius 1 is 0.981 bits per heavy atom. The maximum Gasteiger partial charge on any atom is 0.263 e. The van der Waals surface area contributed by atoms with Gasteiger partial charge in [-0.15, -0.1) is 0 Å². The lowest BCUT2D eigenvalue weighted by Crippen LogP contribution is -2.54. The van der Waals surface area contributed by atoms with Crippen LogP contribution in [-0.2, 0) is 16.1 Å². The van der Waals surface area contributed by atoms with E-state index in [0.29, 0.717) is 39.2 Å². The number of imide groups is 2. The summed E-state index contributed by atoms with van der Waals surface area (Å²) in [6, 6.07) is 16.6. The predicted molar refractivity (Wildman–Crippen MR) is 210 cm³/mol. The summed E-state index contributed by atoms with van der Waals surface area (Å²) in [5, 5.41) is 10.5. The molecule has 16 heteroatoms. The highest BCUT2D eigenvalue weighted by atomic mass is 79.9. The molecule has 13 nitrogen and oxygen atoms in total. The summed E-state index contributed by atoms with van der Waals surface area (Å²) in [6.07, 6.45) is 1.75. The highest BCUT2D eigenvalue weighted by molar-refractivity contribution is 9.10. The van der Waals surface area contributed by atoms with Gasteiger partial charge in [0.2, 0.25) is 17.8 Å². The van der Waals surface area contributed by atoms with Crippen LogP contribution in [0, 0.1) is 0 Å². The molecule has 1 unspecified atom stereocenters. The van der Waals surface area contributed by atoms with Gasteiger partial charge in [0.25, 0.3) is 11.8 Å². The summed E-state index contributed by atoms with van der Waals surface area (Å²) < 4.78 is 6.32. The van der Waals surface area contributed by atoms with Crippen LogP contribution < -0.4 is 30.9 Å². The normalized spacial score (nSPS) is 17.7. The Morgan fingerprint density at radius 2 is 1.75 bits per heavy atom. The van der Waals surface area contributed by atoms with Crippen molar-refractivity contribution in [3.8, 4) is 5.75 Å². The van der Waals surface area contributed by atoms with Crippen LogP contribution in [0.3, 0.4) is 0 Å². The molecule has 0 saturated carbocycles. The zero-order valence-electron chi connectivity index (χ0n) is 29.3. The Labute approximate surface area is 321 Å². The molecule has 4 aromatic rings. The second-order valence-electron chi connectivity index (χ2n) is 13.1. The largest absolute Gasteiger partial charge is 0.494 e. The zero-order chi connectivity index (χ0) is 37.4. The van der Waals surface area contributed by atoms with Gasteiger partial charge in [-0.05, 0) is 70.8 Å². The van der Waals surface area contributed by atoms with E-state index in [1.54, 1.807) is 19.4 Å². The first-order valence-electron chi connectivity index (χ1n) is 17.0. The molecule has 0 bridgehead atoms. The third kappa shape index (κ3) is 7.46. The first-order chi connectivity index (χ1) is 25.5. The summed E-state index contributed by atoms with van der Waals surface area (Å²) in [5.74, 6) is -0.578. The molecule has 0 radical (unpaired) electrons. The first kappa shape index (κ1) is 36.7. The number of benzene rings is 3. The van der Waals surface area contributed by atoms with Crippen LogP contribution in [0.4, 0.5) is 28.8 Å². The van der Waals surface area contributed by atoms with Crippen molar-refractivity contribution in [2.24, 2.45) is 0 Å². The van der Waals surface area contributed by atoms with Crippen LogP contribution in [0.5, 0.6) is 5.75 Å². The smallest absolute Gasteiger partial charge is 0.263 e. The number of hydrogen-bond acceptors (Lipinski definition) is 11. The van der Waals surface area contributed by atoms with Gasteiger partial charge in [-0.2, -0.15) is 4.98 Å². The van der Waals surface area contributed by atoms with E-state index in [0.717, 1.165) is 48.0 Å². The van der Waals surface area contributed by atoms with Crippen LogP contribution in [0.15, 0.2) is 65.3 Å². The molecule has 2 saturated heterocycles. The summed E-state index contributed by atoms with van der Waals surface area (Å²) in [5.41, 5.74) is 4.05. The summed E-state index contributed by atoms with van der Waals surface area (Å²) >= 11 is 10.1. The Hall–Kier alpha value is -4.62. The second-order valence-corrected chi connectivity index (χ2v) is 16.6. The minimum absolute atomic E-state index is 0.0718. The number of hydrogen-bond donors (Lipinski definition) is 3. The standard InChI is InChI=1S/C37H37BrClN8O5P/c1-52-28-18-22(9-11-25(28)42-37-40-19-24(39)33(44-37)41-26-6-4-5-7-29(26)53(2)3)46-16-14-45(15-17-46)20-21-8-10-23-31(32(21)38)36(51)47(35(23)50)27-12-13-30(48)43-34(27)49/h4-11,18-19,27H,12-17,20H2,1-3H3,(H,43,48,49)(H2,40,41,42,44). The molecule has 53 heavy (non-hydrogen) atoms. The number of anilines is 5. The number of carbonyl (C=O) groups excluding carboxylic acids is 4. The molecule has 1 atom stereocenters. The average molecular weight is 820 g/mol. The van der Waals surface area contributed by atoms with Gasteiger partial charge in [0, 0.05) is 61.1 Å². The van der Waals surface area contributed by atoms with Crippen molar-refractivity contribution < 1.29 is 23.9 Å². The third-order valence-corrected chi connectivity index (χ3v) is 12.1. The van der Waals surface area contributed by atoms with Crippen LogP contribution in [-0.4, -0.2) is 96.1 Å². The molecule has 4 amide bonds. The quantitative estimate of drug-likeness (QED) is 0.138. The number of fused-ring (bicyclic) bond motifs is 1. The number of aromatic nitrogens is 2. The van der Waals surface area contributed by atoms with E-state index in [1.807, 2.05) is 42.5 Å². The van der Waals surface area contributed by atoms with Gasteiger partial charge in [-0.3, -0.25) is 34.3 Å². The van der Waals surface area contributed by atoms with Gasteiger partial charge in [-0.25, -0.2) is 4.98 Å². The Balaban J connectivity index is 0.992. The number of para-hydroxylation sites is 1. The molecular weight excluding hydrogens is 783 g/mol. The van der Waals surface area contributed by atoms with Gasteiger partial charge in [-0.1, -0.05) is 43.8 Å². The maximum atomic E-state index is 13.5.